The Kier molecular flexibility index (Phi) is 4.09. The standard InChI is InChI=1S/C13H17ClN2O2/c1-16-11(8-15-6-5-13(16)17)9-3-4-12(18-2)10(14)7-9/h3-4,7,11,15H,5-6,8H2,1-2H3. The zero-order chi connectivity index (χ0) is 13.1. The summed E-state index contributed by atoms with van der Waals surface area (Å²) in [5.41, 5.74) is 1.02. The van der Waals surface area contributed by atoms with Crippen molar-refractivity contribution < 1.29 is 9.53 Å². The number of hydrogen-bond donors (Lipinski definition) is 1. The van der Waals surface area contributed by atoms with E-state index in [1.165, 1.54) is 0 Å². The maximum atomic E-state index is 11.8. The van der Waals surface area contributed by atoms with Gasteiger partial charge in [-0.05, 0) is 17.7 Å². The van der Waals surface area contributed by atoms with Gasteiger partial charge in [-0.3, -0.25) is 4.79 Å². The molecule has 1 aromatic carbocycles. The summed E-state index contributed by atoms with van der Waals surface area (Å²) in [5.74, 6) is 0.799. The molecule has 1 heterocycles. The fourth-order valence-corrected chi connectivity index (χ4v) is 2.42. The largest absolute Gasteiger partial charge is 0.495 e. The molecule has 4 nitrogen and oxygen atoms in total. The van der Waals surface area contributed by atoms with Gasteiger partial charge in [-0.15, -0.1) is 0 Å². The molecule has 0 aliphatic carbocycles. The van der Waals surface area contributed by atoms with Crippen LogP contribution in [0.25, 0.3) is 0 Å². The molecule has 18 heavy (non-hydrogen) atoms. The lowest BCUT2D eigenvalue weighted by atomic mass is 10.1. The monoisotopic (exact) mass is 268 g/mol. The maximum Gasteiger partial charge on any atom is 0.224 e. The Bertz CT molecular complexity index is 451. The third kappa shape index (κ3) is 2.60. The van der Waals surface area contributed by atoms with E-state index in [1.54, 1.807) is 12.0 Å². The fraction of sp³-hybridized carbons (Fsp3) is 0.462. The number of halogens is 1. The second-order valence-corrected chi connectivity index (χ2v) is 4.78. The molecule has 2 rings (SSSR count). The molecule has 1 aromatic rings. The molecule has 1 N–H and O–H groups in total. The van der Waals surface area contributed by atoms with Gasteiger partial charge >= 0.3 is 0 Å². The zero-order valence-corrected chi connectivity index (χ0v) is 11.3. The van der Waals surface area contributed by atoms with Gasteiger partial charge in [-0.25, -0.2) is 0 Å². The first-order valence-electron chi connectivity index (χ1n) is 5.93. The predicted molar refractivity (Wildman–Crippen MR) is 71.0 cm³/mol. The molecular formula is C13H17ClN2O2. The number of rotatable bonds is 2. The summed E-state index contributed by atoms with van der Waals surface area (Å²) < 4.78 is 5.13. The molecule has 0 bridgehead atoms. The van der Waals surface area contributed by atoms with E-state index in [2.05, 4.69) is 5.32 Å². The Morgan fingerprint density at radius 3 is 2.94 bits per heavy atom. The fourth-order valence-electron chi connectivity index (χ4n) is 2.15. The second kappa shape index (κ2) is 5.59. The Morgan fingerprint density at radius 2 is 2.28 bits per heavy atom. The van der Waals surface area contributed by atoms with Crippen LogP contribution in [0.3, 0.4) is 0 Å². The number of nitrogens with zero attached hydrogens (tertiary/aromatic N) is 1. The molecule has 0 saturated carbocycles. The van der Waals surface area contributed by atoms with Crippen LogP contribution in [0.4, 0.5) is 0 Å². The molecule has 98 valence electrons. The molecular weight excluding hydrogens is 252 g/mol. The molecule has 1 aliphatic rings. The summed E-state index contributed by atoms with van der Waals surface area (Å²) in [4.78, 5) is 13.6. The third-order valence-corrected chi connectivity index (χ3v) is 3.57. The van der Waals surface area contributed by atoms with Gasteiger partial charge in [0, 0.05) is 26.6 Å². The van der Waals surface area contributed by atoms with Crippen LogP contribution in [0, 0.1) is 0 Å². The van der Waals surface area contributed by atoms with Crippen molar-refractivity contribution in [1.82, 2.24) is 10.2 Å². The van der Waals surface area contributed by atoms with E-state index >= 15 is 0 Å². The molecule has 0 spiro atoms. The molecule has 0 aromatic heterocycles. The Labute approximate surface area is 112 Å². The number of carbonyl (C=O) groups excluding carboxylic acids is 1. The van der Waals surface area contributed by atoms with Crippen molar-refractivity contribution in [3.05, 3.63) is 28.8 Å². The smallest absolute Gasteiger partial charge is 0.224 e. The first-order valence-corrected chi connectivity index (χ1v) is 6.31. The predicted octanol–water partition coefficient (Wildman–Crippen LogP) is 1.84. The molecule has 1 unspecified atom stereocenters. The van der Waals surface area contributed by atoms with E-state index < -0.39 is 0 Å². The minimum atomic E-state index is 0.0170. The Balaban J connectivity index is 2.28. The lowest BCUT2D eigenvalue weighted by Gasteiger charge is -2.26. The van der Waals surface area contributed by atoms with E-state index in [4.69, 9.17) is 16.3 Å². The number of likely N-dealkylation sites (N-methyl/N-ethyl adjacent to an activating group) is 1. The van der Waals surface area contributed by atoms with E-state index in [-0.39, 0.29) is 11.9 Å². The highest BCUT2D eigenvalue weighted by molar-refractivity contribution is 6.32. The van der Waals surface area contributed by atoms with E-state index in [0.29, 0.717) is 17.2 Å². The van der Waals surface area contributed by atoms with Crippen molar-refractivity contribution in [2.75, 3.05) is 27.2 Å². The third-order valence-electron chi connectivity index (χ3n) is 3.27. The SMILES string of the molecule is COc1ccc(C2CNCCC(=O)N2C)cc1Cl. The summed E-state index contributed by atoms with van der Waals surface area (Å²) in [6, 6.07) is 5.66. The molecule has 1 fully saturated rings. The number of methoxy groups -OCH3 is 1. The highest BCUT2D eigenvalue weighted by Crippen LogP contribution is 2.30. The lowest BCUT2D eigenvalue weighted by Crippen LogP contribution is -2.32. The minimum Gasteiger partial charge on any atom is -0.495 e. The van der Waals surface area contributed by atoms with Crippen LogP contribution >= 0.6 is 11.6 Å². The van der Waals surface area contributed by atoms with Crippen LogP contribution in [-0.2, 0) is 4.79 Å². The number of ether oxygens (including phenoxy) is 1. The molecule has 5 heteroatoms. The van der Waals surface area contributed by atoms with Crippen molar-refractivity contribution in [2.45, 2.75) is 12.5 Å². The average Bonchev–Trinajstić information content (AvgIpc) is 2.53. The lowest BCUT2D eigenvalue weighted by molar-refractivity contribution is -0.131. The molecule has 1 saturated heterocycles. The first kappa shape index (κ1) is 13.2. The van der Waals surface area contributed by atoms with Crippen molar-refractivity contribution in [2.24, 2.45) is 0 Å². The van der Waals surface area contributed by atoms with Gasteiger partial charge in [-0.2, -0.15) is 0 Å². The van der Waals surface area contributed by atoms with E-state index in [0.717, 1.165) is 18.7 Å². The van der Waals surface area contributed by atoms with Crippen LogP contribution in [0.5, 0.6) is 5.75 Å². The van der Waals surface area contributed by atoms with Crippen molar-refractivity contribution >= 4 is 17.5 Å². The Hall–Kier alpha value is -1.26. The highest BCUT2D eigenvalue weighted by atomic mass is 35.5. The first-order chi connectivity index (χ1) is 8.63. The van der Waals surface area contributed by atoms with Gasteiger partial charge in [0.1, 0.15) is 5.75 Å². The van der Waals surface area contributed by atoms with Gasteiger partial charge in [0.25, 0.3) is 0 Å². The summed E-state index contributed by atoms with van der Waals surface area (Å²) in [5, 5.41) is 3.84. The van der Waals surface area contributed by atoms with Gasteiger partial charge in [-0.1, -0.05) is 17.7 Å². The van der Waals surface area contributed by atoms with Gasteiger partial charge < -0.3 is 15.0 Å². The summed E-state index contributed by atoms with van der Waals surface area (Å²) in [7, 11) is 3.42. The average molecular weight is 269 g/mol. The molecule has 1 amide bonds. The van der Waals surface area contributed by atoms with Crippen LogP contribution < -0.4 is 10.1 Å². The zero-order valence-electron chi connectivity index (χ0n) is 10.6. The van der Waals surface area contributed by atoms with Crippen molar-refractivity contribution in [3.8, 4) is 5.75 Å². The van der Waals surface area contributed by atoms with Crippen LogP contribution in [0.15, 0.2) is 18.2 Å². The van der Waals surface area contributed by atoms with Crippen molar-refractivity contribution in [1.29, 1.82) is 0 Å². The van der Waals surface area contributed by atoms with Crippen LogP contribution in [0.1, 0.15) is 18.0 Å². The number of hydrogen-bond acceptors (Lipinski definition) is 3. The number of amides is 1. The summed E-state index contributed by atoms with van der Waals surface area (Å²) in [6.45, 7) is 1.47. The number of nitrogens with one attached hydrogen (secondary N) is 1. The van der Waals surface area contributed by atoms with Gasteiger partial charge in [0.15, 0.2) is 0 Å². The van der Waals surface area contributed by atoms with E-state index in [1.807, 2.05) is 25.2 Å². The highest BCUT2D eigenvalue weighted by Gasteiger charge is 2.24. The quantitative estimate of drug-likeness (QED) is 0.890. The maximum absolute atomic E-state index is 11.8. The summed E-state index contributed by atoms with van der Waals surface area (Å²) in [6.07, 6.45) is 0.539. The van der Waals surface area contributed by atoms with Gasteiger partial charge in [0.05, 0.1) is 18.2 Å². The van der Waals surface area contributed by atoms with Crippen LogP contribution in [-0.4, -0.2) is 38.1 Å². The van der Waals surface area contributed by atoms with E-state index in [9.17, 15) is 4.79 Å². The molecule has 0 radical (unpaired) electrons. The topological polar surface area (TPSA) is 41.6 Å². The Morgan fingerprint density at radius 1 is 1.50 bits per heavy atom. The number of carbonyl (C=O) groups is 1. The summed E-state index contributed by atoms with van der Waals surface area (Å²) >= 11 is 6.12. The van der Waals surface area contributed by atoms with Crippen molar-refractivity contribution in [3.63, 3.8) is 0 Å². The normalized spacial score (nSPS) is 20.7. The minimum absolute atomic E-state index is 0.0170. The van der Waals surface area contributed by atoms with Gasteiger partial charge in [0.2, 0.25) is 5.91 Å². The molecule has 1 aliphatic heterocycles. The number of benzene rings is 1. The van der Waals surface area contributed by atoms with Crippen LogP contribution in [0.2, 0.25) is 5.02 Å². The molecule has 1 atom stereocenters. The second-order valence-electron chi connectivity index (χ2n) is 4.37.